The lowest BCUT2D eigenvalue weighted by atomic mass is 10.1. The van der Waals surface area contributed by atoms with Crippen molar-refractivity contribution in [1.82, 2.24) is 4.57 Å². The van der Waals surface area contributed by atoms with E-state index < -0.39 is 6.04 Å². The van der Waals surface area contributed by atoms with Crippen LogP contribution in [0.5, 0.6) is 5.75 Å². The van der Waals surface area contributed by atoms with E-state index in [1.54, 1.807) is 16.7 Å². The number of hydrogen-bond acceptors (Lipinski definition) is 5. The molecular formula is C23H26N2O4S. The fourth-order valence-corrected chi connectivity index (χ4v) is 4.23. The lowest BCUT2D eigenvalue weighted by Crippen LogP contribution is -2.28. The van der Waals surface area contributed by atoms with E-state index in [-0.39, 0.29) is 18.0 Å². The first-order valence-corrected chi connectivity index (χ1v) is 10.7. The molecule has 0 saturated heterocycles. The van der Waals surface area contributed by atoms with Gasteiger partial charge in [-0.2, -0.15) is 4.99 Å². The van der Waals surface area contributed by atoms with Crippen LogP contribution in [0.4, 0.5) is 0 Å². The Labute approximate surface area is 179 Å². The zero-order valence-corrected chi connectivity index (χ0v) is 18.7. The van der Waals surface area contributed by atoms with E-state index in [4.69, 9.17) is 9.47 Å². The summed E-state index contributed by atoms with van der Waals surface area (Å²) in [6, 6.07) is 12.4. The van der Waals surface area contributed by atoms with E-state index in [1.807, 2.05) is 58.0 Å². The van der Waals surface area contributed by atoms with Crippen molar-refractivity contribution in [3.8, 4) is 5.75 Å². The maximum Gasteiger partial charge on any atom is 0.328 e. The van der Waals surface area contributed by atoms with Crippen molar-refractivity contribution in [2.24, 2.45) is 4.99 Å². The van der Waals surface area contributed by atoms with Crippen LogP contribution in [0.3, 0.4) is 0 Å². The van der Waals surface area contributed by atoms with Gasteiger partial charge in [0.2, 0.25) is 0 Å². The summed E-state index contributed by atoms with van der Waals surface area (Å²) in [5.74, 6) is -0.0366. The predicted octanol–water partition coefficient (Wildman–Crippen LogP) is 4.66. The molecule has 1 amide bonds. The summed E-state index contributed by atoms with van der Waals surface area (Å²) in [5, 5.41) is 0. The highest BCUT2D eigenvalue weighted by Crippen LogP contribution is 2.27. The van der Waals surface area contributed by atoms with Gasteiger partial charge in [-0.05, 0) is 51.5 Å². The third-order valence-electron chi connectivity index (χ3n) is 4.64. The van der Waals surface area contributed by atoms with E-state index in [0.717, 1.165) is 15.8 Å². The van der Waals surface area contributed by atoms with E-state index >= 15 is 0 Å². The summed E-state index contributed by atoms with van der Waals surface area (Å²) in [4.78, 5) is 30.1. The number of amides is 1. The molecule has 158 valence electrons. The number of nitrogens with zero attached hydrogens (tertiary/aromatic N) is 2. The summed E-state index contributed by atoms with van der Waals surface area (Å²) < 4.78 is 13.5. The number of methoxy groups -OCH3 is 1. The molecule has 0 aliphatic heterocycles. The van der Waals surface area contributed by atoms with Gasteiger partial charge in [-0.25, -0.2) is 4.79 Å². The number of hydrogen-bond donors (Lipinski definition) is 0. The molecule has 0 saturated carbocycles. The number of carbonyl (C=O) groups is 2. The molecule has 3 aromatic rings. The van der Waals surface area contributed by atoms with E-state index in [2.05, 4.69) is 4.99 Å². The Morgan fingerprint density at radius 2 is 1.83 bits per heavy atom. The second-order valence-corrected chi connectivity index (χ2v) is 8.29. The van der Waals surface area contributed by atoms with Crippen molar-refractivity contribution in [2.45, 2.75) is 46.3 Å². The Bertz CT molecular complexity index is 1130. The molecule has 7 heteroatoms. The topological polar surface area (TPSA) is 69.9 Å². The quantitative estimate of drug-likeness (QED) is 0.538. The van der Waals surface area contributed by atoms with E-state index in [9.17, 15) is 9.59 Å². The number of carbonyl (C=O) groups excluding carboxylic acids is 2. The van der Waals surface area contributed by atoms with Gasteiger partial charge in [0.15, 0.2) is 4.80 Å². The van der Waals surface area contributed by atoms with Gasteiger partial charge in [0, 0.05) is 11.6 Å². The van der Waals surface area contributed by atoms with Crippen LogP contribution in [-0.2, 0) is 9.53 Å². The Morgan fingerprint density at radius 3 is 2.43 bits per heavy atom. The first-order chi connectivity index (χ1) is 14.3. The number of esters is 1. The lowest BCUT2D eigenvalue weighted by molar-refractivity contribution is -0.144. The number of ether oxygens (including phenoxy) is 2. The van der Waals surface area contributed by atoms with Gasteiger partial charge in [0.25, 0.3) is 5.91 Å². The molecule has 1 aromatic heterocycles. The van der Waals surface area contributed by atoms with Crippen molar-refractivity contribution < 1.29 is 19.1 Å². The minimum Gasteiger partial charge on any atom is -0.491 e. The summed E-state index contributed by atoms with van der Waals surface area (Å²) in [7, 11) is 1.36. The first kappa shape index (κ1) is 21.8. The highest BCUT2D eigenvalue weighted by Gasteiger charge is 2.24. The third kappa shape index (κ3) is 4.62. The molecule has 3 rings (SSSR count). The number of thiazole rings is 1. The minimum absolute atomic E-state index is 0.0180. The smallest absolute Gasteiger partial charge is 0.328 e. The lowest BCUT2D eigenvalue weighted by Gasteiger charge is -2.16. The molecule has 30 heavy (non-hydrogen) atoms. The van der Waals surface area contributed by atoms with Gasteiger partial charge in [0.1, 0.15) is 11.8 Å². The zero-order valence-electron chi connectivity index (χ0n) is 17.8. The van der Waals surface area contributed by atoms with Crippen molar-refractivity contribution in [2.75, 3.05) is 7.11 Å². The van der Waals surface area contributed by atoms with Crippen LogP contribution in [0.2, 0.25) is 0 Å². The maximum absolute atomic E-state index is 12.8. The monoisotopic (exact) mass is 426 g/mol. The van der Waals surface area contributed by atoms with Crippen LogP contribution >= 0.6 is 11.3 Å². The molecule has 1 atom stereocenters. The Hall–Kier alpha value is -2.93. The standard InChI is InChI=1S/C23H26N2O4S/c1-6-18(22(27)28-5)25-19-13-17(29-14(2)3)11-12-20(19)30-23(25)24-21(26)16-9-7-15(4)8-10-16/h7-14,18H,6H2,1-5H3. The zero-order chi connectivity index (χ0) is 21.8. The van der Waals surface area contributed by atoms with Crippen molar-refractivity contribution in [3.05, 3.63) is 58.4 Å². The van der Waals surface area contributed by atoms with Gasteiger partial charge in [-0.3, -0.25) is 4.79 Å². The largest absolute Gasteiger partial charge is 0.491 e. The predicted molar refractivity (Wildman–Crippen MR) is 118 cm³/mol. The average molecular weight is 427 g/mol. The van der Waals surface area contributed by atoms with Gasteiger partial charge >= 0.3 is 5.97 Å². The SMILES string of the molecule is CCC(C(=O)OC)n1c(=NC(=O)c2ccc(C)cc2)sc2ccc(OC(C)C)cc21. The molecular weight excluding hydrogens is 400 g/mol. The molecule has 1 unspecified atom stereocenters. The highest BCUT2D eigenvalue weighted by atomic mass is 32.1. The molecule has 0 aliphatic carbocycles. The molecule has 0 N–H and O–H groups in total. The number of benzene rings is 2. The Kier molecular flexibility index (Phi) is 6.72. The second-order valence-electron chi connectivity index (χ2n) is 7.28. The van der Waals surface area contributed by atoms with Crippen LogP contribution in [0.15, 0.2) is 47.5 Å². The van der Waals surface area contributed by atoms with E-state index in [1.165, 1.54) is 18.4 Å². The van der Waals surface area contributed by atoms with Crippen LogP contribution in [0.25, 0.3) is 10.2 Å². The van der Waals surface area contributed by atoms with Crippen molar-refractivity contribution >= 4 is 33.4 Å². The summed E-state index contributed by atoms with van der Waals surface area (Å²) in [5.41, 5.74) is 2.35. The average Bonchev–Trinajstić information content (AvgIpc) is 3.05. The van der Waals surface area contributed by atoms with E-state index in [0.29, 0.717) is 22.5 Å². The van der Waals surface area contributed by atoms with Crippen LogP contribution in [0, 0.1) is 6.92 Å². The molecule has 0 fully saturated rings. The maximum atomic E-state index is 12.8. The fraction of sp³-hybridized carbons (Fsp3) is 0.348. The molecule has 6 nitrogen and oxygen atoms in total. The summed E-state index contributed by atoms with van der Waals surface area (Å²) in [6.45, 7) is 7.77. The number of aromatic nitrogens is 1. The van der Waals surface area contributed by atoms with Crippen molar-refractivity contribution in [3.63, 3.8) is 0 Å². The second kappa shape index (κ2) is 9.26. The van der Waals surface area contributed by atoms with Crippen LogP contribution < -0.4 is 9.54 Å². The Balaban J connectivity index is 2.21. The highest BCUT2D eigenvalue weighted by molar-refractivity contribution is 7.16. The van der Waals surface area contributed by atoms with Gasteiger partial charge in [0.05, 0.1) is 23.4 Å². The van der Waals surface area contributed by atoms with Crippen LogP contribution in [0.1, 0.15) is 49.2 Å². The number of fused-ring (bicyclic) bond motifs is 1. The number of rotatable bonds is 6. The normalized spacial score (nSPS) is 12.9. The molecule has 1 heterocycles. The first-order valence-electron chi connectivity index (χ1n) is 9.89. The third-order valence-corrected chi connectivity index (χ3v) is 5.67. The van der Waals surface area contributed by atoms with Gasteiger partial charge < -0.3 is 14.0 Å². The molecule has 2 aromatic carbocycles. The summed E-state index contributed by atoms with van der Waals surface area (Å²) >= 11 is 1.36. The minimum atomic E-state index is -0.595. The van der Waals surface area contributed by atoms with Crippen molar-refractivity contribution in [1.29, 1.82) is 0 Å². The molecule has 0 bridgehead atoms. The van der Waals surface area contributed by atoms with Crippen LogP contribution in [-0.4, -0.2) is 29.7 Å². The fourth-order valence-electron chi connectivity index (χ4n) is 3.18. The molecule has 0 spiro atoms. The van der Waals surface area contributed by atoms with Gasteiger partial charge in [-0.1, -0.05) is 36.0 Å². The molecule has 0 aliphatic rings. The Morgan fingerprint density at radius 1 is 1.13 bits per heavy atom. The molecule has 0 radical (unpaired) electrons. The summed E-state index contributed by atoms with van der Waals surface area (Å²) in [6.07, 6.45) is 0.518. The number of aryl methyl sites for hydroxylation is 1. The van der Waals surface area contributed by atoms with Gasteiger partial charge in [-0.15, -0.1) is 0 Å².